The monoisotopic (exact) mass is 472 g/mol. The van der Waals surface area contributed by atoms with E-state index in [-0.39, 0.29) is 5.91 Å². The van der Waals surface area contributed by atoms with E-state index in [9.17, 15) is 4.79 Å². The number of likely N-dealkylation sites (N-methyl/N-ethyl adjacent to an activating group) is 1. The maximum atomic E-state index is 12.9. The Bertz CT molecular complexity index is 1020. The molecule has 0 bridgehead atoms. The lowest BCUT2D eigenvalue weighted by Crippen LogP contribution is -2.15. The molecule has 1 heterocycles. The number of fused-ring (bicyclic) bond motifs is 1. The minimum absolute atomic E-state index is 0.185. The van der Waals surface area contributed by atoms with Crippen molar-refractivity contribution < 1.29 is 4.79 Å². The lowest BCUT2D eigenvalue weighted by Gasteiger charge is -2.07. The second-order valence-corrected chi connectivity index (χ2v) is 9.09. The Kier molecular flexibility index (Phi) is 14.2. The largest absolute Gasteiger partial charge is 0.309 e. The van der Waals surface area contributed by atoms with Gasteiger partial charge in [-0.15, -0.1) is 0 Å². The topological polar surface area (TPSA) is 25.2 Å². The number of nitrogens with zero attached hydrogens (tertiary/aromatic N) is 2. The summed E-state index contributed by atoms with van der Waals surface area (Å²) in [6, 6.07) is 8.24. The van der Waals surface area contributed by atoms with Crippen LogP contribution in [0.15, 0.2) is 91.2 Å². The van der Waals surface area contributed by atoms with Crippen molar-refractivity contribution in [3.63, 3.8) is 0 Å². The zero-order chi connectivity index (χ0) is 25.1. The first kappa shape index (κ1) is 28.3. The first-order chi connectivity index (χ1) is 17.1. The molecule has 0 saturated carbocycles. The Morgan fingerprint density at radius 1 is 0.829 bits per heavy atom. The summed E-state index contributed by atoms with van der Waals surface area (Å²) in [5, 5.41) is 1.19. The van der Waals surface area contributed by atoms with E-state index in [1.54, 1.807) is 0 Å². The Morgan fingerprint density at radius 3 is 2.00 bits per heavy atom. The number of allylic oxidation sites excluding steroid dienone is 10. The van der Waals surface area contributed by atoms with Crippen LogP contribution in [0.1, 0.15) is 68.6 Å². The highest BCUT2D eigenvalue weighted by Crippen LogP contribution is 2.22. The molecule has 2 rings (SSSR count). The van der Waals surface area contributed by atoms with Gasteiger partial charge in [0.15, 0.2) is 0 Å². The van der Waals surface area contributed by atoms with E-state index in [4.69, 9.17) is 0 Å². The molecule has 3 heteroatoms. The quantitative estimate of drug-likeness (QED) is 0.181. The summed E-state index contributed by atoms with van der Waals surface area (Å²) >= 11 is 0. The van der Waals surface area contributed by atoms with Crippen LogP contribution >= 0.6 is 0 Å². The van der Waals surface area contributed by atoms with Crippen molar-refractivity contribution in [2.45, 2.75) is 64.7 Å². The van der Waals surface area contributed by atoms with Crippen molar-refractivity contribution in [3.8, 4) is 0 Å². The smallest absolute Gasteiger partial charge is 0.231 e. The van der Waals surface area contributed by atoms with Crippen LogP contribution in [-0.2, 0) is 6.42 Å². The first-order valence-electron chi connectivity index (χ1n) is 13.1. The molecular weight excluding hydrogens is 428 g/mol. The molecule has 0 N–H and O–H groups in total. The fraction of sp³-hybridized carbons (Fsp3) is 0.406. The molecule has 0 aliphatic heterocycles. The highest BCUT2D eigenvalue weighted by molar-refractivity contribution is 5.94. The van der Waals surface area contributed by atoms with Crippen LogP contribution in [0.2, 0.25) is 0 Å². The Labute approximate surface area is 213 Å². The maximum absolute atomic E-state index is 12.9. The van der Waals surface area contributed by atoms with Crippen LogP contribution in [0.5, 0.6) is 0 Å². The van der Waals surface area contributed by atoms with Gasteiger partial charge >= 0.3 is 0 Å². The van der Waals surface area contributed by atoms with Crippen molar-refractivity contribution in [3.05, 3.63) is 96.8 Å². The lowest BCUT2D eigenvalue weighted by molar-refractivity contribution is 0.0905. The average molecular weight is 473 g/mol. The summed E-state index contributed by atoms with van der Waals surface area (Å²) in [4.78, 5) is 15.1. The second-order valence-electron chi connectivity index (χ2n) is 9.09. The standard InChI is InChI=1S/C32H44N2O/c1-4-5-6-7-8-9-10-11-12-13-14-15-16-17-18-19-20-25-32(35)34-28-29(26-27-33(2)3)30-23-21-22-24-31(30)34/h5-6,8-9,11-12,14-15,17-18,21-24,28H,4,7,10,13,16,19-20,25-27H2,1-3H3/b6-5-,9-8-,12-11-,15-14-,18-17-. The molecule has 0 aliphatic carbocycles. The van der Waals surface area contributed by atoms with E-state index in [2.05, 4.69) is 105 Å². The molecule has 0 radical (unpaired) electrons. The van der Waals surface area contributed by atoms with Crippen LogP contribution in [0.25, 0.3) is 10.9 Å². The van der Waals surface area contributed by atoms with E-state index in [0.717, 1.165) is 63.4 Å². The third-order valence-corrected chi connectivity index (χ3v) is 5.81. The van der Waals surface area contributed by atoms with E-state index in [1.165, 1.54) is 10.9 Å². The van der Waals surface area contributed by atoms with E-state index < -0.39 is 0 Å². The number of benzene rings is 1. The fourth-order valence-electron chi connectivity index (χ4n) is 3.86. The Morgan fingerprint density at radius 2 is 1.40 bits per heavy atom. The van der Waals surface area contributed by atoms with E-state index >= 15 is 0 Å². The average Bonchev–Trinajstić information content (AvgIpc) is 3.23. The van der Waals surface area contributed by atoms with Crippen LogP contribution in [0, 0.1) is 0 Å². The van der Waals surface area contributed by atoms with Crippen molar-refractivity contribution in [2.24, 2.45) is 0 Å². The third kappa shape index (κ3) is 11.4. The Hall–Kier alpha value is -2.91. The number of hydrogen-bond acceptors (Lipinski definition) is 2. The molecule has 0 fully saturated rings. The van der Waals surface area contributed by atoms with Gasteiger partial charge in [0.05, 0.1) is 5.52 Å². The maximum Gasteiger partial charge on any atom is 0.231 e. The second kappa shape index (κ2) is 17.5. The molecule has 0 aliphatic rings. The predicted octanol–water partition coefficient (Wildman–Crippen LogP) is 8.31. The van der Waals surface area contributed by atoms with Gasteiger partial charge in [-0.2, -0.15) is 0 Å². The summed E-state index contributed by atoms with van der Waals surface area (Å²) in [7, 11) is 4.16. The van der Waals surface area contributed by atoms with Crippen LogP contribution in [0.3, 0.4) is 0 Å². The number of rotatable bonds is 16. The lowest BCUT2D eigenvalue weighted by atomic mass is 10.1. The first-order valence-corrected chi connectivity index (χ1v) is 13.1. The molecular formula is C32H44N2O. The normalized spacial score (nSPS) is 12.8. The minimum atomic E-state index is 0.185. The summed E-state index contributed by atoms with van der Waals surface area (Å²) in [6.07, 6.45) is 32.5. The van der Waals surface area contributed by atoms with Gasteiger partial charge in [0.1, 0.15) is 0 Å². The van der Waals surface area contributed by atoms with Gasteiger partial charge in [0.2, 0.25) is 5.91 Å². The molecule has 35 heavy (non-hydrogen) atoms. The summed E-state index contributed by atoms with van der Waals surface area (Å²) < 4.78 is 1.86. The van der Waals surface area contributed by atoms with Gasteiger partial charge in [-0.1, -0.05) is 85.9 Å². The zero-order valence-corrected chi connectivity index (χ0v) is 22.0. The number of aromatic nitrogens is 1. The van der Waals surface area contributed by atoms with E-state index in [0.29, 0.717) is 6.42 Å². The highest BCUT2D eigenvalue weighted by atomic mass is 16.2. The predicted molar refractivity (Wildman–Crippen MR) is 153 cm³/mol. The molecule has 0 amide bonds. The number of para-hydroxylation sites is 1. The van der Waals surface area contributed by atoms with E-state index in [1.807, 2.05) is 16.8 Å². The third-order valence-electron chi connectivity index (χ3n) is 5.81. The van der Waals surface area contributed by atoms with Crippen molar-refractivity contribution in [1.29, 1.82) is 0 Å². The van der Waals surface area contributed by atoms with Gasteiger partial charge in [0.25, 0.3) is 0 Å². The number of carbonyl (C=O) groups is 1. The van der Waals surface area contributed by atoms with Gasteiger partial charge in [-0.05, 0) is 77.1 Å². The molecule has 1 aromatic carbocycles. The van der Waals surface area contributed by atoms with Crippen LogP contribution in [-0.4, -0.2) is 36.0 Å². The molecule has 0 atom stereocenters. The molecule has 0 spiro atoms. The summed E-state index contributed by atoms with van der Waals surface area (Å²) in [5.74, 6) is 0.185. The highest BCUT2D eigenvalue weighted by Gasteiger charge is 2.13. The Balaban J connectivity index is 1.65. The molecule has 188 valence electrons. The van der Waals surface area contributed by atoms with Gasteiger partial charge < -0.3 is 4.90 Å². The van der Waals surface area contributed by atoms with Crippen molar-refractivity contribution in [1.82, 2.24) is 9.47 Å². The fourth-order valence-corrected chi connectivity index (χ4v) is 3.86. The summed E-state index contributed by atoms with van der Waals surface area (Å²) in [6.45, 7) is 3.14. The minimum Gasteiger partial charge on any atom is -0.309 e. The SMILES string of the molecule is CC/C=C\C/C=C\C/C=C\C/C=C\C/C=C\CCCC(=O)n1cc(CCN(C)C)c2ccccc21. The molecule has 1 aromatic heterocycles. The molecule has 0 unspecified atom stereocenters. The van der Waals surface area contributed by atoms with Crippen molar-refractivity contribution in [2.75, 3.05) is 20.6 Å². The molecule has 3 nitrogen and oxygen atoms in total. The van der Waals surface area contributed by atoms with Crippen LogP contribution < -0.4 is 0 Å². The number of unbranched alkanes of at least 4 members (excludes halogenated alkanes) is 1. The molecule has 2 aromatic rings. The molecule has 0 saturated heterocycles. The number of hydrogen-bond donors (Lipinski definition) is 0. The van der Waals surface area contributed by atoms with Gasteiger partial charge in [-0.3, -0.25) is 9.36 Å². The van der Waals surface area contributed by atoms with Gasteiger partial charge in [-0.25, -0.2) is 0 Å². The number of carbonyl (C=O) groups excluding carboxylic acids is 1. The summed E-state index contributed by atoms with van der Waals surface area (Å²) in [5.41, 5.74) is 2.28. The van der Waals surface area contributed by atoms with Crippen molar-refractivity contribution >= 4 is 16.8 Å². The van der Waals surface area contributed by atoms with Crippen LogP contribution in [0.4, 0.5) is 0 Å². The van der Waals surface area contributed by atoms with Gasteiger partial charge in [0, 0.05) is 24.5 Å². The zero-order valence-electron chi connectivity index (χ0n) is 22.0.